The molecular weight excluding hydrogens is 300 g/mol. The van der Waals surface area contributed by atoms with E-state index in [0.29, 0.717) is 23.5 Å². The molecule has 3 aromatic heterocycles. The van der Waals surface area contributed by atoms with Crippen LogP contribution in [-0.4, -0.2) is 65.0 Å². The van der Waals surface area contributed by atoms with Crippen LogP contribution in [0.3, 0.4) is 0 Å². The van der Waals surface area contributed by atoms with Gasteiger partial charge in [-0.2, -0.15) is 0 Å². The standard InChI is InChI=1S/C13H18N8O2/c1-19(3-9-4-20(2)18-17-9)12-11-13(15-7-14-12)21(8-16-11)10(5-22)6-23/h4,7-8,10,22-23H,3,5-6H2,1-2H3. The summed E-state index contributed by atoms with van der Waals surface area (Å²) in [5.41, 5.74) is 1.98. The van der Waals surface area contributed by atoms with E-state index < -0.39 is 6.04 Å². The van der Waals surface area contributed by atoms with E-state index in [9.17, 15) is 10.2 Å². The molecule has 0 aliphatic heterocycles. The molecule has 0 aromatic carbocycles. The van der Waals surface area contributed by atoms with Crippen LogP contribution in [0.1, 0.15) is 11.7 Å². The molecule has 3 heterocycles. The first-order valence-electron chi connectivity index (χ1n) is 7.09. The van der Waals surface area contributed by atoms with Gasteiger partial charge in [0.15, 0.2) is 17.0 Å². The van der Waals surface area contributed by atoms with Crippen LogP contribution in [-0.2, 0) is 13.6 Å². The number of anilines is 1. The molecule has 0 fully saturated rings. The third-order valence-corrected chi connectivity index (χ3v) is 3.57. The van der Waals surface area contributed by atoms with Crippen LogP contribution in [0.4, 0.5) is 5.82 Å². The molecule has 3 rings (SSSR count). The Morgan fingerprint density at radius 1 is 1.22 bits per heavy atom. The van der Waals surface area contributed by atoms with Crippen LogP contribution in [0.25, 0.3) is 11.2 Å². The number of hydrogen-bond donors (Lipinski definition) is 2. The molecule has 0 bridgehead atoms. The van der Waals surface area contributed by atoms with Gasteiger partial charge in [-0.3, -0.25) is 4.68 Å². The third-order valence-electron chi connectivity index (χ3n) is 3.57. The fraction of sp³-hybridized carbons (Fsp3) is 0.462. The van der Waals surface area contributed by atoms with Gasteiger partial charge in [0.1, 0.15) is 12.0 Å². The van der Waals surface area contributed by atoms with Crippen molar-refractivity contribution in [2.45, 2.75) is 12.6 Å². The Morgan fingerprint density at radius 3 is 2.65 bits per heavy atom. The number of aliphatic hydroxyl groups is 2. The third kappa shape index (κ3) is 2.85. The van der Waals surface area contributed by atoms with Crippen LogP contribution in [0.15, 0.2) is 18.9 Å². The lowest BCUT2D eigenvalue weighted by molar-refractivity contribution is 0.156. The summed E-state index contributed by atoms with van der Waals surface area (Å²) in [4.78, 5) is 14.8. The Labute approximate surface area is 132 Å². The molecule has 10 nitrogen and oxygen atoms in total. The highest BCUT2D eigenvalue weighted by Crippen LogP contribution is 2.23. The molecule has 23 heavy (non-hydrogen) atoms. The van der Waals surface area contributed by atoms with Gasteiger partial charge >= 0.3 is 0 Å². The number of fused-ring (bicyclic) bond motifs is 1. The predicted molar refractivity (Wildman–Crippen MR) is 81.6 cm³/mol. The highest BCUT2D eigenvalue weighted by molar-refractivity contribution is 5.83. The van der Waals surface area contributed by atoms with Crippen LogP contribution in [0.5, 0.6) is 0 Å². The molecule has 10 heteroatoms. The molecule has 0 spiro atoms. The summed E-state index contributed by atoms with van der Waals surface area (Å²) >= 11 is 0. The van der Waals surface area contributed by atoms with Gasteiger partial charge in [0.2, 0.25) is 0 Å². The second-order valence-electron chi connectivity index (χ2n) is 5.28. The number of rotatable bonds is 6. The van der Waals surface area contributed by atoms with Crippen molar-refractivity contribution in [3.8, 4) is 0 Å². The van der Waals surface area contributed by atoms with Crippen LogP contribution in [0, 0.1) is 0 Å². The van der Waals surface area contributed by atoms with Gasteiger partial charge in [0.25, 0.3) is 0 Å². The molecule has 0 aliphatic rings. The molecule has 0 amide bonds. The molecule has 2 N–H and O–H groups in total. The minimum atomic E-state index is -0.479. The molecule has 0 unspecified atom stereocenters. The fourth-order valence-corrected chi connectivity index (χ4v) is 2.41. The Kier molecular flexibility index (Phi) is 4.17. The van der Waals surface area contributed by atoms with Gasteiger partial charge in [-0.25, -0.2) is 15.0 Å². The summed E-state index contributed by atoms with van der Waals surface area (Å²) in [6, 6.07) is -0.479. The summed E-state index contributed by atoms with van der Waals surface area (Å²) in [6.07, 6.45) is 4.83. The zero-order valence-corrected chi connectivity index (χ0v) is 12.9. The van der Waals surface area contributed by atoms with Gasteiger partial charge in [-0.15, -0.1) is 5.10 Å². The maximum atomic E-state index is 9.35. The molecule has 0 aliphatic carbocycles. The summed E-state index contributed by atoms with van der Waals surface area (Å²) in [7, 11) is 3.69. The van der Waals surface area contributed by atoms with E-state index in [1.54, 1.807) is 15.6 Å². The number of aliphatic hydroxyl groups excluding tert-OH is 2. The Bertz CT molecular complexity index is 794. The summed E-state index contributed by atoms with van der Waals surface area (Å²) in [5.74, 6) is 0.647. The van der Waals surface area contributed by atoms with Crippen LogP contribution in [0.2, 0.25) is 0 Å². The molecule has 0 atom stereocenters. The Balaban J connectivity index is 1.95. The molecular formula is C13H18N8O2. The largest absolute Gasteiger partial charge is 0.394 e. The SMILES string of the molecule is CN(Cc1cn(C)nn1)c1ncnc2c1ncn2C(CO)CO. The quantitative estimate of drug-likeness (QED) is 0.601. The first-order valence-corrected chi connectivity index (χ1v) is 7.09. The number of aromatic nitrogens is 7. The van der Waals surface area contributed by atoms with Crippen molar-refractivity contribution in [3.63, 3.8) is 0 Å². The molecule has 3 aromatic rings. The summed E-state index contributed by atoms with van der Waals surface area (Å²) in [5, 5.41) is 26.7. The van der Waals surface area contributed by atoms with E-state index in [4.69, 9.17) is 0 Å². The number of imidazole rings is 1. The molecule has 0 saturated carbocycles. The highest BCUT2D eigenvalue weighted by atomic mass is 16.3. The molecule has 122 valence electrons. The predicted octanol–water partition coefficient (Wildman–Crippen LogP) is -0.883. The Morgan fingerprint density at radius 2 is 2.00 bits per heavy atom. The lowest BCUT2D eigenvalue weighted by Crippen LogP contribution is -2.19. The normalized spacial score (nSPS) is 11.5. The zero-order valence-electron chi connectivity index (χ0n) is 12.9. The van der Waals surface area contributed by atoms with Gasteiger partial charge in [0, 0.05) is 20.3 Å². The minimum Gasteiger partial charge on any atom is -0.394 e. The lowest BCUT2D eigenvalue weighted by atomic mass is 10.3. The van der Waals surface area contributed by atoms with E-state index in [1.807, 2.05) is 25.2 Å². The zero-order chi connectivity index (χ0) is 16.4. The van der Waals surface area contributed by atoms with Crippen molar-refractivity contribution in [3.05, 3.63) is 24.5 Å². The van der Waals surface area contributed by atoms with E-state index in [1.165, 1.54) is 6.33 Å². The van der Waals surface area contributed by atoms with Crippen molar-refractivity contribution >= 4 is 17.0 Å². The smallest absolute Gasteiger partial charge is 0.165 e. The second-order valence-corrected chi connectivity index (χ2v) is 5.28. The van der Waals surface area contributed by atoms with Crippen molar-refractivity contribution in [1.82, 2.24) is 34.5 Å². The summed E-state index contributed by atoms with van der Waals surface area (Å²) in [6.45, 7) is 0.129. The average Bonchev–Trinajstić information content (AvgIpc) is 3.15. The van der Waals surface area contributed by atoms with Crippen molar-refractivity contribution in [2.75, 3.05) is 25.2 Å². The highest BCUT2D eigenvalue weighted by Gasteiger charge is 2.18. The topological polar surface area (TPSA) is 118 Å². The molecule has 0 saturated heterocycles. The van der Waals surface area contributed by atoms with Crippen LogP contribution < -0.4 is 4.90 Å². The van der Waals surface area contributed by atoms with E-state index in [0.717, 1.165) is 5.69 Å². The van der Waals surface area contributed by atoms with Crippen LogP contribution >= 0.6 is 0 Å². The van der Waals surface area contributed by atoms with E-state index >= 15 is 0 Å². The average molecular weight is 318 g/mol. The first kappa shape index (κ1) is 15.3. The van der Waals surface area contributed by atoms with Crippen molar-refractivity contribution in [2.24, 2.45) is 7.05 Å². The maximum absolute atomic E-state index is 9.35. The van der Waals surface area contributed by atoms with Crippen molar-refractivity contribution < 1.29 is 10.2 Å². The minimum absolute atomic E-state index is 0.198. The van der Waals surface area contributed by atoms with Gasteiger partial charge in [-0.05, 0) is 0 Å². The molecule has 0 radical (unpaired) electrons. The fourth-order valence-electron chi connectivity index (χ4n) is 2.41. The van der Waals surface area contributed by atoms with Gasteiger partial charge in [-0.1, -0.05) is 5.21 Å². The summed E-state index contributed by atoms with van der Waals surface area (Å²) < 4.78 is 3.29. The first-order chi connectivity index (χ1) is 11.1. The van der Waals surface area contributed by atoms with E-state index in [2.05, 4.69) is 25.3 Å². The second kappa shape index (κ2) is 6.26. The number of hydrogen-bond acceptors (Lipinski definition) is 8. The Hall–Kier alpha value is -2.59. The maximum Gasteiger partial charge on any atom is 0.165 e. The monoisotopic (exact) mass is 318 g/mol. The van der Waals surface area contributed by atoms with E-state index in [-0.39, 0.29) is 13.2 Å². The van der Waals surface area contributed by atoms with Gasteiger partial charge in [0.05, 0.1) is 32.1 Å². The lowest BCUT2D eigenvalue weighted by Gasteiger charge is -2.17. The van der Waals surface area contributed by atoms with Crippen molar-refractivity contribution in [1.29, 1.82) is 0 Å². The van der Waals surface area contributed by atoms with Gasteiger partial charge < -0.3 is 19.7 Å². The number of nitrogens with zero attached hydrogens (tertiary/aromatic N) is 8. The number of aryl methyl sites for hydroxylation is 1.